The van der Waals surface area contributed by atoms with E-state index in [0.717, 1.165) is 50.3 Å². The van der Waals surface area contributed by atoms with E-state index in [2.05, 4.69) is 27.0 Å². The van der Waals surface area contributed by atoms with Crippen LogP contribution in [0.3, 0.4) is 0 Å². The molecule has 1 aromatic heterocycles. The Morgan fingerprint density at radius 3 is 2.66 bits per heavy atom. The first-order chi connectivity index (χ1) is 13.5. The van der Waals surface area contributed by atoms with Crippen LogP contribution in [-0.2, 0) is 14.3 Å². The van der Waals surface area contributed by atoms with Gasteiger partial charge in [0.05, 0.1) is 32.3 Å². The Morgan fingerprint density at radius 1 is 1.34 bits per heavy atom. The Kier molecular flexibility index (Phi) is 9.22. The number of guanidine groups is 1. The molecule has 8 nitrogen and oxygen atoms in total. The summed E-state index contributed by atoms with van der Waals surface area (Å²) < 4.78 is 16.4. The van der Waals surface area contributed by atoms with Crippen molar-refractivity contribution >= 4 is 35.9 Å². The largest absolute Gasteiger partial charge is 0.469 e. The average molecular weight is 520 g/mol. The summed E-state index contributed by atoms with van der Waals surface area (Å²) in [5.41, 5.74) is 0. The molecule has 0 aromatic carbocycles. The smallest absolute Gasteiger partial charge is 0.310 e. The Labute approximate surface area is 190 Å². The van der Waals surface area contributed by atoms with Crippen LogP contribution in [0.1, 0.15) is 24.5 Å². The van der Waals surface area contributed by atoms with Crippen molar-refractivity contribution in [1.82, 2.24) is 15.1 Å². The zero-order valence-electron chi connectivity index (χ0n) is 17.7. The van der Waals surface area contributed by atoms with Crippen molar-refractivity contribution in [3.63, 3.8) is 0 Å². The van der Waals surface area contributed by atoms with E-state index in [1.165, 1.54) is 7.11 Å². The van der Waals surface area contributed by atoms with Gasteiger partial charge in [0.25, 0.3) is 0 Å². The standard InChI is InChI=1S/C20H32N4O4.HI/c1-14-12-24(13-16(14)19(25)26-4)20(21-3)22-11-17(18-6-5-15(2)28-18)23-7-9-27-10-8-23;/h5-6,14,16-17H,7-13H2,1-4H3,(H,21,22);1H. The highest BCUT2D eigenvalue weighted by Gasteiger charge is 2.37. The van der Waals surface area contributed by atoms with Crippen LogP contribution >= 0.6 is 24.0 Å². The van der Waals surface area contributed by atoms with Crippen LogP contribution in [0.2, 0.25) is 0 Å². The van der Waals surface area contributed by atoms with E-state index in [1.807, 2.05) is 19.1 Å². The molecule has 0 aliphatic carbocycles. The first-order valence-corrected chi connectivity index (χ1v) is 9.95. The molecule has 3 unspecified atom stereocenters. The van der Waals surface area contributed by atoms with Crippen molar-refractivity contribution in [2.45, 2.75) is 19.9 Å². The second-order valence-electron chi connectivity index (χ2n) is 7.55. The molecule has 3 heterocycles. The lowest BCUT2D eigenvalue weighted by molar-refractivity contribution is -0.145. The number of morpholine rings is 1. The summed E-state index contributed by atoms with van der Waals surface area (Å²) in [4.78, 5) is 21.0. The summed E-state index contributed by atoms with van der Waals surface area (Å²) in [7, 11) is 3.22. The number of nitrogens with one attached hydrogen (secondary N) is 1. The molecule has 2 aliphatic heterocycles. The van der Waals surface area contributed by atoms with Gasteiger partial charge in [-0.25, -0.2) is 0 Å². The summed E-state index contributed by atoms with van der Waals surface area (Å²) in [6.07, 6.45) is 0. The highest BCUT2D eigenvalue weighted by molar-refractivity contribution is 14.0. The van der Waals surface area contributed by atoms with E-state index in [4.69, 9.17) is 13.9 Å². The number of methoxy groups -OCH3 is 1. The Morgan fingerprint density at radius 2 is 2.07 bits per heavy atom. The first kappa shape index (κ1) is 23.9. The fraction of sp³-hybridized carbons (Fsp3) is 0.700. The summed E-state index contributed by atoms with van der Waals surface area (Å²) in [6.45, 7) is 9.32. The van der Waals surface area contributed by atoms with Crippen LogP contribution in [0.5, 0.6) is 0 Å². The van der Waals surface area contributed by atoms with Crippen molar-refractivity contribution in [2.75, 3.05) is 60.1 Å². The monoisotopic (exact) mass is 520 g/mol. The number of likely N-dealkylation sites (tertiary alicyclic amines) is 1. The van der Waals surface area contributed by atoms with E-state index in [9.17, 15) is 4.79 Å². The van der Waals surface area contributed by atoms with Gasteiger partial charge in [0.15, 0.2) is 5.96 Å². The number of aliphatic imine (C=N–C) groups is 1. The quantitative estimate of drug-likeness (QED) is 0.275. The Hall–Kier alpha value is -1.33. The number of furan rings is 1. The van der Waals surface area contributed by atoms with Crippen LogP contribution in [0.15, 0.2) is 21.5 Å². The molecule has 164 valence electrons. The van der Waals surface area contributed by atoms with Gasteiger partial charge >= 0.3 is 5.97 Å². The SMILES string of the molecule is CN=C(NCC(c1ccc(C)o1)N1CCOCC1)N1CC(C)C(C(=O)OC)C1.I. The maximum Gasteiger partial charge on any atom is 0.310 e. The molecule has 0 radical (unpaired) electrons. The maximum atomic E-state index is 12.0. The zero-order valence-corrected chi connectivity index (χ0v) is 20.0. The van der Waals surface area contributed by atoms with E-state index >= 15 is 0 Å². The zero-order chi connectivity index (χ0) is 20.1. The Balaban J connectivity index is 0.00000300. The predicted molar refractivity (Wildman–Crippen MR) is 122 cm³/mol. The fourth-order valence-electron chi connectivity index (χ4n) is 4.05. The molecule has 3 atom stereocenters. The Bertz CT molecular complexity index is 690. The summed E-state index contributed by atoms with van der Waals surface area (Å²) in [5.74, 6) is 2.62. The molecule has 1 N–H and O–H groups in total. The van der Waals surface area contributed by atoms with Gasteiger partial charge < -0.3 is 24.1 Å². The number of rotatable bonds is 5. The molecule has 0 amide bonds. The minimum Gasteiger partial charge on any atom is -0.469 e. The second-order valence-corrected chi connectivity index (χ2v) is 7.55. The molecule has 2 fully saturated rings. The van der Waals surface area contributed by atoms with Gasteiger partial charge in [-0.15, -0.1) is 24.0 Å². The molecule has 9 heteroatoms. The third-order valence-electron chi connectivity index (χ3n) is 5.66. The van der Waals surface area contributed by atoms with Crippen LogP contribution in [-0.4, -0.2) is 81.8 Å². The minimum atomic E-state index is -0.150. The first-order valence-electron chi connectivity index (χ1n) is 9.95. The molecule has 3 rings (SSSR count). The topological polar surface area (TPSA) is 79.5 Å². The molecule has 0 saturated carbocycles. The van der Waals surface area contributed by atoms with Gasteiger partial charge in [-0.3, -0.25) is 14.7 Å². The number of esters is 1. The van der Waals surface area contributed by atoms with Gasteiger partial charge in [0.1, 0.15) is 11.5 Å². The lowest BCUT2D eigenvalue weighted by Crippen LogP contribution is -2.47. The van der Waals surface area contributed by atoms with Crippen molar-refractivity contribution < 1.29 is 18.7 Å². The van der Waals surface area contributed by atoms with E-state index in [1.54, 1.807) is 7.05 Å². The van der Waals surface area contributed by atoms with Crippen molar-refractivity contribution in [1.29, 1.82) is 0 Å². The third-order valence-corrected chi connectivity index (χ3v) is 5.66. The number of hydrogen-bond acceptors (Lipinski definition) is 6. The number of hydrogen-bond donors (Lipinski definition) is 1. The van der Waals surface area contributed by atoms with E-state index < -0.39 is 0 Å². The van der Waals surface area contributed by atoms with E-state index in [-0.39, 0.29) is 47.8 Å². The molecular formula is C20H33IN4O4. The van der Waals surface area contributed by atoms with Gasteiger partial charge in [-0.05, 0) is 25.0 Å². The summed E-state index contributed by atoms with van der Waals surface area (Å²) in [5, 5.41) is 3.50. The van der Waals surface area contributed by atoms with Crippen molar-refractivity contribution in [2.24, 2.45) is 16.8 Å². The van der Waals surface area contributed by atoms with Crippen molar-refractivity contribution in [3.8, 4) is 0 Å². The predicted octanol–water partition coefficient (Wildman–Crippen LogP) is 1.90. The number of ether oxygens (including phenoxy) is 2. The van der Waals surface area contributed by atoms with Gasteiger partial charge in [0, 0.05) is 39.8 Å². The van der Waals surface area contributed by atoms with Crippen LogP contribution < -0.4 is 5.32 Å². The lowest BCUT2D eigenvalue weighted by Gasteiger charge is -2.34. The van der Waals surface area contributed by atoms with E-state index in [0.29, 0.717) is 13.1 Å². The number of aryl methyl sites for hydroxylation is 1. The number of halogens is 1. The maximum absolute atomic E-state index is 12.0. The normalized spacial score (nSPS) is 24.1. The van der Waals surface area contributed by atoms with Gasteiger partial charge in [-0.2, -0.15) is 0 Å². The molecule has 2 saturated heterocycles. The van der Waals surface area contributed by atoms with Crippen LogP contribution in [0, 0.1) is 18.8 Å². The highest BCUT2D eigenvalue weighted by Crippen LogP contribution is 2.26. The number of carbonyl (C=O) groups is 1. The van der Waals surface area contributed by atoms with Crippen molar-refractivity contribution in [3.05, 3.63) is 23.7 Å². The number of nitrogens with zero attached hydrogens (tertiary/aromatic N) is 3. The fourth-order valence-corrected chi connectivity index (χ4v) is 4.05. The molecule has 0 spiro atoms. The molecular weight excluding hydrogens is 487 g/mol. The lowest BCUT2D eigenvalue weighted by atomic mass is 9.99. The average Bonchev–Trinajstić information content (AvgIpc) is 3.31. The number of carbonyl (C=O) groups excluding carboxylic acids is 1. The molecule has 0 bridgehead atoms. The van der Waals surface area contributed by atoms with Crippen LogP contribution in [0.25, 0.3) is 0 Å². The highest BCUT2D eigenvalue weighted by atomic mass is 127. The van der Waals surface area contributed by atoms with Gasteiger partial charge in [-0.1, -0.05) is 6.92 Å². The summed E-state index contributed by atoms with van der Waals surface area (Å²) >= 11 is 0. The molecule has 29 heavy (non-hydrogen) atoms. The van der Waals surface area contributed by atoms with Gasteiger partial charge in [0.2, 0.25) is 0 Å². The summed E-state index contributed by atoms with van der Waals surface area (Å²) in [6, 6.07) is 4.15. The third kappa shape index (κ3) is 5.85. The van der Waals surface area contributed by atoms with Crippen LogP contribution in [0.4, 0.5) is 0 Å². The molecule has 1 aromatic rings. The second kappa shape index (κ2) is 11.2. The molecule has 2 aliphatic rings. The minimum absolute atomic E-state index is 0.